The minimum atomic E-state index is -1.17. The zero-order valence-electron chi connectivity index (χ0n) is 19.1. The number of benzene rings is 2. The summed E-state index contributed by atoms with van der Waals surface area (Å²) in [7, 11) is 1.56. The number of aromatic nitrogens is 1. The van der Waals surface area contributed by atoms with Crippen LogP contribution in [0.15, 0.2) is 60.7 Å². The van der Waals surface area contributed by atoms with Gasteiger partial charge in [-0.05, 0) is 48.9 Å². The van der Waals surface area contributed by atoms with Gasteiger partial charge in [0.15, 0.2) is 0 Å². The number of nitrogens with zero attached hydrogens (tertiary/aromatic N) is 4. The fourth-order valence-electron chi connectivity index (χ4n) is 4.43. The summed E-state index contributed by atoms with van der Waals surface area (Å²) in [4.78, 5) is 8.89. The fraction of sp³-hybridized carbons (Fsp3) is 0.308. The Balaban J connectivity index is 1.63. The largest absolute Gasteiger partial charge is 0.481 e. The number of hydrogen-bond acceptors (Lipinski definition) is 6. The van der Waals surface area contributed by atoms with E-state index in [4.69, 9.17) is 27.9 Å². The van der Waals surface area contributed by atoms with Crippen molar-refractivity contribution < 1.29 is 9.84 Å². The predicted octanol–water partition coefficient (Wildman–Crippen LogP) is 5.04. The number of rotatable bonds is 6. The minimum Gasteiger partial charge on any atom is -0.481 e. The topological polar surface area (TPSA) is 72.6 Å². The van der Waals surface area contributed by atoms with E-state index in [0.717, 1.165) is 11.3 Å². The van der Waals surface area contributed by atoms with E-state index in [0.29, 0.717) is 53.4 Å². The average Bonchev–Trinajstić information content (AvgIpc) is 2.84. The molecular formula is C26H26Cl2N4O2. The molecule has 0 unspecified atom stereocenters. The SMILES string of the molecule is COc1cccc([C@](C)(O)CN2CCN(c3ccc(Cl)cc3C#N)[C@H](c3ccc(Cl)cc3)C2)n1. The van der Waals surface area contributed by atoms with Crippen LogP contribution in [0.4, 0.5) is 5.69 Å². The molecule has 1 N–H and O–H groups in total. The van der Waals surface area contributed by atoms with Crippen LogP contribution < -0.4 is 9.64 Å². The summed E-state index contributed by atoms with van der Waals surface area (Å²) >= 11 is 12.3. The molecule has 2 aromatic carbocycles. The Morgan fingerprint density at radius 2 is 1.85 bits per heavy atom. The Morgan fingerprint density at radius 1 is 1.12 bits per heavy atom. The zero-order chi connectivity index (χ0) is 24.3. The van der Waals surface area contributed by atoms with E-state index in [1.807, 2.05) is 48.5 Å². The van der Waals surface area contributed by atoms with Gasteiger partial charge in [0, 0.05) is 42.3 Å². The van der Waals surface area contributed by atoms with Crippen molar-refractivity contribution in [3.05, 3.63) is 87.5 Å². The zero-order valence-corrected chi connectivity index (χ0v) is 20.6. The molecular weight excluding hydrogens is 471 g/mol. The van der Waals surface area contributed by atoms with Gasteiger partial charge in [-0.2, -0.15) is 5.26 Å². The van der Waals surface area contributed by atoms with Crippen LogP contribution in [0.5, 0.6) is 5.88 Å². The molecule has 0 aliphatic carbocycles. The third-order valence-electron chi connectivity index (χ3n) is 6.12. The van der Waals surface area contributed by atoms with Gasteiger partial charge >= 0.3 is 0 Å². The molecule has 6 nitrogen and oxygen atoms in total. The molecule has 3 aromatic rings. The molecule has 0 saturated carbocycles. The minimum absolute atomic E-state index is 0.0478. The second-order valence-corrected chi connectivity index (χ2v) is 9.48. The maximum absolute atomic E-state index is 11.3. The van der Waals surface area contributed by atoms with Gasteiger partial charge in [0.2, 0.25) is 5.88 Å². The molecule has 8 heteroatoms. The Morgan fingerprint density at radius 3 is 2.56 bits per heavy atom. The Bertz CT molecular complexity index is 1190. The number of ether oxygens (including phenoxy) is 1. The number of β-amino-alcohol motifs (C(OH)–C–C–N with tert-alkyl or cyclic N) is 1. The van der Waals surface area contributed by atoms with Crippen LogP contribution in [0.1, 0.15) is 29.8 Å². The maximum atomic E-state index is 11.3. The van der Waals surface area contributed by atoms with E-state index in [-0.39, 0.29) is 6.04 Å². The monoisotopic (exact) mass is 496 g/mol. The summed E-state index contributed by atoms with van der Waals surface area (Å²) in [6.45, 7) is 4.19. The molecule has 1 fully saturated rings. The number of pyridine rings is 1. The number of nitriles is 1. The molecule has 34 heavy (non-hydrogen) atoms. The smallest absolute Gasteiger partial charge is 0.213 e. The van der Waals surface area contributed by atoms with Crippen molar-refractivity contribution in [3.63, 3.8) is 0 Å². The van der Waals surface area contributed by atoms with Crippen molar-refractivity contribution in [2.24, 2.45) is 0 Å². The highest BCUT2D eigenvalue weighted by atomic mass is 35.5. The van der Waals surface area contributed by atoms with Crippen molar-refractivity contribution in [3.8, 4) is 11.9 Å². The molecule has 0 spiro atoms. The van der Waals surface area contributed by atoms with Crippen molar-refractivity contribution in [2.45, 2.75) is 18.6 Å². The lowest BCUT2D eigenvalue weighted by Gasteiger charge is -2.45. The number of anilines is 1. The predicted molar refractivity (Wildman–Crippen MR) is 135 cm³/mol. The van der Waals surface area contributed by atoms with E-state index in [1.165, 1.54) is 0 Å². The van der Waals surface area contributed by atoms with Crippen LogP contribution in [0, 0.1) is 11.3 Å². The van der Waals surface area contributed by atoms with E-state index in [2.05, 4.69) is 20.9 Å². The first-order valence-electron chi connectivity index (χ1n) is 11.0. The number of halogens is 2. The lowest BCUT2D eigenvalue weighted by Crippen LogP contribution is -2.52. The molecule has 2 heterocycles. The van der Waals surface area contributed by atoms with Crippen LogP contribution in [-0.2, 0) is 5.60 Å². The van der Waals surface area contributed by atoms with Gasteiger partial charge in [0.1, 0.15) is 11.7 Å². The Kier molecular flexibility index (Phi) is 7.30. The van der Waals surface area contributed by atoms with Crippen molar-refractivity contribution in [2.75, 3.05) is 38.2 Å². The lowest BCUT2D eigenvalue weighted by atomic mass is 9.96. The maximum Gasteiger partial charge on any atom is 0.213 e. The molecule has 0 amide bonds. The quantitative estimate of drug-likeness (QED) is 0.515. The van der Waals surface area contributed by atoms with Gasteiger partial charge < -0.3 is 14.7 Å². The highest BCUT2D eigenvalue weighted by Crippen LogP contribution is 2.35. The van der Waals surface area contributed by atoms with E-state index >= 15 is 0 Å². The molecule has 1 aliphatic heterocycles. The molecule has 1 aliphatic rings. The van der Waals surface area contributed by atoms with Gasteiger partial charge in [-0.3, -0.25) is 4.90 Å². The van der Waals surface area contributed by atoms with E-state index in [9.17, 15) is 10.4 Å². The molecule has 0 radical (unpaired) electrons. The van der Waals surface area contributed by atoms with Gasteiger partial charge in [0.25, 0.3) is 0 Å². The third kappa shape index (κ3) is 5.29. The second-order valence-electron chi connectivity index (χ2n) is 8.61. The van der Waals surface area contributed by atoms with Crippen molar-refractivity contribution in [1.82, 2.24) is 9.88 Å². The average molecular weight is 497 g/mol. The van der Waals surface area contributed by atoms with E-state index in [1.54, 1.807) is 26.2 Å². The molecule has 176 valence electrons. The van der Waals surface area contributed by atoms with Crippen LogP contribution in [0.3, 0.4) is 0 Å². The molecule has 2 atom stereocenters. The first-order chi connectivity index (χ1) is 16.3. The second kappa shape index (κ2) is 10.2. The Hall–Kier alpha value is -2.82. The van der Waals surface area contributed by atoms with Gasteiger partial charge in [-0.25, -0.2) is 4.98 Å². The summed E-state index contributed by atoms with van der Waals surface area (Å²) in [5, 5.41) is 22.2. The van der Waals surface area contributed by atoms with Crippen molar-refractivity contribution in [1.29, 1.82) is 5.26 Å². The Labute approximate surface area is 209 Å². The molecule has 0 bridgehead atoms. The number of hydrogen-bond donors (Lipinski definition) is 1. The van der Waals surface area contributed by atoms with Crippen LogP contribution >= 0.6 is 23.2 Å². The van der Waals surface area contributed by atoms with Crippen molar-refractivity contribution >= 4 is 28.9 Å². The highest BCUT2D eigenvalue weighted by Gasteiger charge is 2.35. The standard InChI is InChI=1S/C26H26Cl2N4O2/c1-26(33,24-4-3-5-25(30-24)34-2)17-31-12-13-32(22-11-10-21(28)14-19(22)15-29)23(16-31)18-6-8-20(27)9-7-18/h3-11,14,23,33H,12-13,16-17H2,1-2H3/t23-,26+/m0/s1. The first kappa shape index (κ1) is 24.3. The molecule has 1 saturated heterocycles. The van der Waals surface area contributed by atoms with Gasteiger partial charge in [0.05, 0.1) is 30.1 Å². The third-order valence-corrected chi connectivity index (χ3v) is 6.61. The van der Waals surface area contributed by atoms with E-state index < -0.39 is 5.60 Å². The summed E-state index contributed by atoms with van der Waals surface area (Å²) in [5.41, 5.74) is 1.84. The number of aliphatic hydroxyl groups is 1. The lowest BCUT2D eigenvalue weighted by molar-refractivity contribution is 0.00639. The van der Waals surface area contributed by atoms with Gasteiger partial charge in [-0.1, -0.05) is 41.4 Å². The summed E-state index contributed by atoms with van der Waals surface area (Å²) in [6, 6.07) is 20.8. The highest BCUT2D eigenvalue weighted by molar-refractivity contribution is 6.31. The number of methoxy groups -OCH3 is 1. The molecule has 1 aromatic heterocycles. The number of piperazine rings is 1. The van der Waals surface area contributed by atoms with Gasteiger partial charge in [-0.15, -0.1) is 0 Å². The summed E-state index contributed by atoms with van der Waals surface area (Å²) in [5.74, 6) is 0.466. The normalized spacial score (nSPS) is 18.2. The van der Waals surface area contributed by atoms with Crippen LogP contribution in [-0.4, -0.2) is 48.3 Å². The fourth-order valence-corrected chi connectivity index (χ4v) is 4.73. The van der Waals surface area contributed by atoms with Crippen LogP contribution in [0.25, 0.3) is 0 Å². The van der Waals surface area contributed by atoms with Crippen LogP contribution in [0.2, 0.25) is 10.0 Å². The first-order valence-corrected chi connectivity index (χ1v) is 11.7. The summed E-state index contributed by atoms with van der Waals surface area (Å²) < 4.78 is 5.23. The summed E-state index contributed by atoms with van der Waals surface area (Å²) in [6.07, 6.45) is 0. The molecule has 4 rings (SSSR count).